The van der Waals surface area contributed by atoms with E-state index < -0.39 is 11.9 Å². The lowest BCUT2D eigenvalue weighted by molar-refractivity contribution is -0.138. The van der Waals surface area contributed by atoms with Gasteiger partial charge in [0, 0.05) is 47.2 Å². The molecular weight excluding hydrogens is 673 g/mol. The molecule has 0 heterocycles. The van der Waals surface area contributed by atoms with Gasteiger partial charge >= 0.3 is 11.9 Å². The molecule has 0 saturated carbocycles. The average molecular weight is 723 g/mol. The molecule has 0 radical (unpaired) electrons. The van der Waals surface area contributed by atoms with Crippen molar-refractivity contribution in [3.05, 3.63) is 144 Å². The van der Waals surface area contributed by atoms with Crippen LogP contribution in [0.4, 0.5) is 0 Å². The van der Waals surface area contributed by atoms with Crippen molar-refractivity contribution in [3.8, 4) is 46.3 Å². The van der Waals surface area contributed by atoms with Gasteiger partial charge in [0.05, 0.1) is 26.4 Å². The van der Waals surface area contributed by atoms with Crippen LogP contribution in [0.25, 0.3) is 11.1 Å². The molecule has 0 aliphatic rings. The summed E-state index contributed by atoms with van der Waals surface area (Å²) in [6, 6.07) is 28.4. The van der Waals surface area contributed by atoms with E-state index in [4.69, 9.17) is 18.9 Å². The highest BCUT2D eigenvalue weighted by Crippen LogP contribution is 2.39. The maximum Gasteiger partial charge on any atom is 0.330 e. The smallest absolute Gasteiger partial charge is 0.330 e. The Labute approximate surface area is 321 Å². The number of rotatable bonds is 13. The van der Waals surface area contributed by atoms with E-state index in [0.717, 1.165) is 45.9 Å². The van der Waals surface area contributed by atoms with Crippen molar-refractivity contribution in [1.82, 2.24) is 0 Å². The van der Waals surface area contributed by atoms with Crippen molar-refractivity contribution in [2.45, 2.75) is 65.2 Å². The van der Waals surface area contributed by atoms with E-state index in [2.05, 4.69) is 115 Å². The van der Waals surface area contributed by atoms with E-state index in [1.54, 1.807) is 0 Å². The SMILES string of the molecule is C=CC(=O)OCCCOc1ccc(C#Cc2ccc(-c3ccc(C#Cc4ccc(OCCCOC(=O)C=C)cc4)cc3C(C)(C)C)c(C(C)(C)C)c2)cc1. The van der Waals surface area contributed by atoms with Crippen molar-refractivity contribution < 1.29 is 28.5 Å². The third-order valence-electron chi connectivity index (χ3n) is 8.29. The van der Waals surface area contributed by atoms with E-state index in [-0.39, 0.29) is 24.0 Å². The molecule has 4 rings (SSSR count). The van der Waals surface area contributed by atoms with Crippen LogP contribution < -0.4 is 9.47 Å². The van der Waals surface area contributed by atoms with Crippen molar-refractivity contribution in [2.24, 2.45) is 0 Å². The molecule has 0 aliphatic carbocycles. The van der Waals surface area contributed by atoms with Gasteiger partial charge in [0.25, 0.3) is 0 Å². The molecule has 0 spiro atoms. The Bertz CT molecular complexity index is 1900. The fourth-order valence-corrected chi connectivity index (χ4v) is 5.47. The summed E-state index contributed by atoms with van der Waals surface area (Å²) in [7, 11) is 0. The van der Waals surface area contributed by atoms with Crippen LogP contribution in [0.15, 0.2) is 110 Å². The minimum absolute atomic E-state index is 0.127. The average Bonchev–Trinajstić information content (AvgIpc) is 3.15. The third kappa shape index (κ3) is 12.6. The van der Waals surface area contributed by atoms with Gasteiger partial charge in [-0.05, 0) is 106 Å². The first-order chi connectivity index (χ1) is 25.8. The number of ether oxygens (including phenoxy) is 4. The molecule has 6 nitrogen and oxygen atoms in total. The molecule has 4 aromatic rings. The summed E-state index contributed by atoms with van der Waals surface area (Å²) in [5.41, 5.74) is 8.24. The second-order valence-electron chi connectivity index (χ2n) is 14.7. The largest absolute Gasteiger partial charge is 0.493 e. The Hall–Kier alpha value is -5.98. The fraction of sp³-hybridized carbons (Fsp3) is 0.292. The van der Waals surface area contributed by atoms with Crippen LogP contribution in [0.2, 0.25) is 0 Å². The highest BCUT2D eigenvalue weighted by Gasteiger charge is 2.24. The standard InChI is InChI=1S/C48H50O6/c1-9-45(49)53-31-11-29-51-39-23-17-35(18-24-39)13-15-37-21-27-41(43(33-37)47(3,4)5)42-28-22-38(34-44(42)48(6,7)8)16-14-36-19-25-40(26-20-36)52-30-12-32-54-46(50)10-2/h9-10,17-28,33-34H,1-2,11-12,29-32H2,3-8H3. The minimum atomic E-state index is -0.430. The molecule has 0 saturated heterocycles. The molecule has 0 N–H and O–H groups in total. The first-order valence-corrected chi connectivity index (χ1v) is 18.1. The summed E-state index contributed by atoms with van der Waals surface area (Å²) in [6.45, 7) is 21.7. The topological polar surface area (TPSA) is 71.1 Å². The first kappa shape index (κ1) is 40.8. The van der Waals surface area contributed by atoms with E-state index in [0.29, 0.717) is 26.1 Å². The fourth-order valence-electron chi connectivity index (χ4n) is 5.47. The predicted octanol–water partition coefficient (Wildman–Crippen LogP) is 9.74. The number of esters is 2. The van der Waals surface area contributed by atoms with Crippen LogP contribution >= 0.6 is 0 Å². The lowest BCUT2D eigenvalue weighted by Gasteiger charge is -2.28. The molecule has 0 amide bonds. The molecule has 278 valence electrons. The van der Waals surface area contributed by atoms with Gasteiger partial charge in [-0.25, -0.2) is 9.59 Å². The molecule has 0 aromatic heterocycles. The van der Waals surface area contributed by atoms with Gasteiger partial charge in [-0.15, -0.1) is 0 Å². The lowest BCUT2D eigenvalue weighted by atomic mass is 9.76. The van der Waals surface area contributed by atoms with Gasteiger partial charge < -0.3 is 18.9 Å². The summed E-state index contributed by atoms with van der Waals surface area (Å²) in [5.74, 6) is 13.9. The van der Waals surface area contributed by atoms with Crippen LogP contribution in [0.3, 0.4) is 0 Å². The third-order valence-corrected chi connectivity index (χ3v) is 8.29. The number of carbonyl (C=O) groups is 2. The van der Waals surface area contributed by atoms with Gasteiger partial charge in [-0.1, -0.05) is 90.5 Å². The number of carbonyl (C=O) groups excluding carboxylic acids is 2. The Morgan fingerprint density at radius 1 is 0.519 bits per heavy atom. The zero-order valence-electron chi connectivity index (χ0n) is 32.3. The maximum absolute atomic E-state index is 11.2. The predicted molar refractivity (Wildman–Crippen MR) is 217 cm³/mol. The van der Waals surface area contributed by atoms with Crippen LogP contribution in [0.5, 0.6) is 11.5 Å². The summed E-state index contributed by atoms with van der Waals surface area (Å²) in [6.07, 6.45) is 3.49. The summed E-state index contributed by atoms with van der Waals surface area (Å²) in [4.78, 5) is 22.3. The number of hydrogen-bond donors (Lipinski definition) is 0. The monoisotopic (exact) mass is 722 g/mol. The number of hydrogen-bond acceptors (Lipinski definition) is 6. The van der Waals surface area contributed by atoms with Crippen LogP contribution in [-0.2, 0) is 29.9 Å². The minimum Gasteiger partial charge on any atom is -0.493 e. The second-order valence-corrected chi connectivity index (χ2v) is 14.7. The molecule has 4 aromatic carbocycles. The van der Waals surface area contributed by atoms with Gasteiger partial charge in [-0.2, -0.15) is 0 Å². The summed E-state index contributed by atoms with van der Waals surface area (Å²) < 4.78 is 21.5. The van der Waals surface area contributed by atoms with E-state index in [9.17, 15) is 9.59 Å². The van der Waals surface area contributed by atoms with Gasteiger partial charge in [-0.3, -0.25) is 0 Å². The quantitative estimate of drug-likeness (QED) is 0.0593. The van der Waals surface area contributed by atoms with Crippen molar-refractivity contribution in [1.29, 1.82) is 0 Å². The van der Waals surface area contributed by atoms with Gasteiger partial charge in [0.15, 0.2) is 0 Å². The molecule has 54 heavy (non-hydrogen) atoms. The van der Waals surface area contributed by atoms with E-state index >= 15 is 0 Å². The maximum atomic E-state index is 11.2. The molecule has 0 unspecified atom stereocenters. The van der Waals surface area contributed by atoms with E-state index in [1.165, 1.54) is 22.3 Å². The second kappa shape index (κ2) is 19.2. The molecule has 0 aliphatic heterocycles. The molecule has 0 atom stereocenters. The summed E-state index contributed by atoms with van der Waals surface area (Å²) in [5, 5.41) is 0. The van der Waals surface area contributed by atoms with Gasteiger partial charge in [0.1, 0.15) is 11.5 Å². The van der Waals surface area contributed by atoms with Crippen LogP contribution in [-0.4, -0.2) is 38.4 Å². The number of benzene rings is 4. The molecular formula is C48H50O6. The van der Waals surface area contributed by atoms with Crippen molar-refractivity contribution in [3.63, 3.8) is 0 Å². The van der Waals surface area contributed by atoms with E-state index in [1.807, 2.05) is 48.5 Å². The normalized spacial score (nSPS) is 10.9. The van der Waals surface area contributed by atoms with Crippen LogP contribution in [0, 0.1) is 23.7 Å². The highest BCUT2D eigenvalue weighted by atomic mass is 16.5. The van der Waals surface area contributed by atoms with Crippen molar-refractivity contribution in [2.75, 3.05) is 26.4 Å². The zero-order chi connectivity index (χ0) is 39.1. The van der Waals surface area contributed by atoms with Crippen molar-refractivity contribution >= 4 is 11.9 Å². The first-order valence-electron chi connectivity index (χ1n) is 18.1. The molecule has 0 bridgehead atoms. The lowest BCUT2D eigenvalue weighted by Crippen LogP contribution is -2.16. The Balaban J connectivity index is 1.49. The molecule has 6 heteroatoms. The summed E-state index contributed by atoms with van der Waals surface area (Å²) >= 11 is 0. The molecule has 0 fully saturated rings. The Kier molecular flexibility index (Phi) is 14.5. The Morgan fingerprint density at radius 2 is 0.852 bits per heavy atom. The van der Waals surface area contributed by atoms with Crippen LogP contribution in [0.1, 0.15) is 87.8 Å². The zero-order valence-corrected chi connectivity index (χ0v) is 32.3. The Morgan fingerprint density at radius 3 is 1.19 bits per heavy atom. The van der Waals surface area contributed by atoms with Gasteiger partial charge in [0.2, 0.25) is 0 Å². The highest BCUT2D eigenvalue weighted by molar-refractivity contribution is 5.81.